The summed E-state index contributed by atoms with van der Waals surface area (Å²) in [7, 11) is -1.68. The maximum atomic E-state index is 13.4. The lowest BCUT2D eigenvalue weighted by molar-refractivity contribution is 0.255. The number of fused-ring (bicyclic) bond motifs is 1. The summed E-state index contributed by atoms with van der Waals surface area (Å²) < 4.78 is 30.2. The quantitative estimate of drug-likeness (QED) is 0.761. The smallest absolute Gasteiger partial charge is 0.329 e. The van der Waals surface area contributed by atoms with Crippen LogP contribution in [0.15, 0.2) is 42.5 Å². The number of hydrogen-bond donors (Lipinski definition) is 0. The molecule has 2 amide bonds. The number of ether oxygens (including phenoxy) is 1. The maximum Gasteiger partial charge on any atom is 0.329 e. The molecule has 6 nitrogen and oxygen atoms in total. The van der Waals surface area contributed by atoms with Gasteiger partial charge in [-0.1, -0.05) is 18.2 Å². The maximum absolute atomic E-state index is 13.4. The fraction of sp³-hybridized carbons (Fsp3) is 0.350. The summed E-state index contributed by atoms with van der Waals surface area (Å²) >= 11 is 0. The van der Waals surface area contributed by atoms with E-state index in [2.05, 4.69) is 0 Å². The molecule has 0 unspecified atom stereocenters. The minimum atomic E-state index is -3.22. The van der Waals surface area contributed by atoms with Crippen LogP contribution in [0.4, 0.5) is 16.2 Å². The molecule has 0 N–H and O–H groups in total. The number of amides is 2. The molecule has 4 rings (SSSR count). The van der Waals surface area contributed by atoms with E-state index in [9.17, 15) is 13.2 Å². The van der Waals surface area contributed by atoms with Gasteiger partial charge in [-0.05, 0) is 49.2 Å². The van der Waals surface area contributed by atoms with E-state index in [-0.39, 0.29) is 17.5 Å². The van der Waals surface area contributed by atoms with Crippen LogP contribution in [-0.2, 0) is 9.84 Å². The van der Waals surface area contributed by atoms with Crippen LogP contribution >= 0.6 is 0 Å². The summed E-state index contributed by atoms with van der Waals surface area (Å²) in [6.07, 6.45) is 0. The largest absolute Gasteiger partial charge is 0.495 e. The molecule has 0 spiro atoms. The number of urea groups is 1. The highest BCUT2D eigenvalue weighted by Crippen LogP contribution is 2.41. The predicted molar refractivity (Wildman–Crippen MR) is 105 cm³/mol. The lowest BCUT2D eigenvalue weighted by Gasteiger charge is -2.24. The SMILES string of the molecule is COc1ccccc1N1C(=O)N(c2ccc(C)c(C)c2)[C@@H]2CS(=O)(=O)C[C@H]21. The summed E-state index contributed by atoms with van der Waals surface area (Å²) in [4.78, 5) is 16.6. The molecule has 2 saturated heterocycles. The Morgan fingerprint density at radius 2 is 1.63 bits per heavy atom. The molecule has 2 heterocycles. The number of benzene rings is 2. The summed E-state index contributed by atoms with van der Waals surface area (Å²) in [5, 5.41) is 0. The first-order valence-electron chi connectivity index (χ1n) is 8.85. The van der Waals surface area contributed by atoms with E-state index in [0.717, 1.165) is 16.8 Å². The number of carbonyl (C=O) groups excluding carboxylic acids is 1. The molecule has 27 heavy (non-hydrogen) atoms. The average molecular weight is 386 g/mol. The minimum Gasteiger partial charge on any atom is -0.495 e. The topological polar surface area (TPSA) is 66.9 Å². The summed E-state index contributed by atoms with van der Waals surface area (Å²) in [6.45, 7) is 4.00. The van der Waals surface area contributed by atoms with Gasteiger partial charge in [-0.25, -0.2) is 13.2 Å². The van der Waals surface area contributed by atoms with E-state index in [4.69, 9.17) is 4.74 Å². The monoisotopic (exact) mass is 386 g/mol. The molecule has 0 bridgehead atoms. The van der Waals surface area contributed by atoms with Gasteiger partial charge in [0, 0.05) is 5.69 Å². The minimum absolute atomic E-state index is 0.0258. The Morgan fingerprint density at radius 3 is 2.30 bits per heavy atom. The van der Waals surface area contributed by atoms with Crippen molar-refractivity contribution in [1.29, 1.82) is 0 Å². The third-order valence-electron chi connectivity index (χ3n) is 5.48. The third kappa shape index (κ3) is 2.86. The predicted octanol–water partition coefficient (Wildman–Crippen LogP) is 2.92. The van der Waals surface area contributed by atoms with Crippen molar-refractivity contribution in [2.45, 2.75) is 25.9 Å². The van der Waals surface area contributed by atoms with E-state index < -0.39 is 21.9 Å². The van der Waals surface area contributed by atoms with Crippen LogP contribution in [0.3, 0.4) is 0 Å². The Labute approximate surface area is 159 Å². The van der Waals surface area contributed by atoms with E-state index in [1.165, 1.54) is 0 Å². The molecule has 2 aliphatic rings. The second-order valence-electron chi connectivity index (χ2n) is 7.17. The number of carbonyl (C=O) groups is 1. The average Bonchev–Trinajstić information content (AvgIpc) is 3.06. The molecule has 0 aliphatic carbocycles. The zero-order valence-electron chi connectivity index (χ0n) is 15.5. The van der Waals surface area contributed by atoms with Gasteiger partial charge in [0.2, 0.25) is 0 Å². The Morgan fingerprint density at radius 1 is 0.963 bits per heavy atom. The third-order valence-corrected chi connectivity index (χ3v) is 7.18. The van der Waals surface area contributed by atoms with Crippen molar-refractivity contribution in [2.75, 3.05) is 28.4 Å². The first-order chi connectivity index (χ1) is 12.8. The molecular formula is C20H22N2O4S. The molecule has 7 heteroatoms. The summed E-state index contributed by atoms with van der Waals surface area (Å²) in [5.41, 5.74) is 3.52. The fourth-order valence-electron chi connectivity index (χ4n) is 3.99. The highest BCUT2D eigenvalue weighted by atomic mass is 32.2. The van der Waals surface area contributed by atoms with Gasteiger partial charge >= 0.3 is 6.03 Å². The highest BCUT2D eigenvalue weighted by molar-refractivity contribution is 7.91. The highest BCUT2D eigenvalue weighted by Gasteiger charge is 2.55. The first-order valence-corrected chi connectivity index (χ1v) is 10.7. The second-order valence-corrected chi connectivity index (χ2v) is 9.33. The molecule has 0 aromatic heterocycles. The van der Waals surface area contributed by atoms with Gasteiger partial charge in [-0.15, -0.1) is 0 Å². The van der Waals surface area contributed by atoms with Crippen LogP contribution in [0.5, 0.6) is 5.75 Å². The standard InChI is InChI=1S/C20H22N2O4S/c1-13-8-9-15(10-14(13)2)21-17-11-27(24,25)12-18(17)22(20(21)23)16-6-4-5-7-19(16)26-3/h4-10,17-18H,11-12H2,1-3H3/t17-,18-/m1/s1. The number of methoxy groups -OCH3 is 1. The van der Waals surface area contributed by atoms with E-state index in [1.807, 2.05) is 44.2 Å². The molecular weight excluding hydrogens is 364 g/mol. The number of rotatable bonds is 3. The van der Waals surface area contributed by atoms with Gasteiger partial charge in [0.15, 0.2) is 9.84 Å². The van der Waals surface area contributed by atoms with Crippen molar-refractivity contribution in [3.8, 4) is 5.75 Å². The van der Waals surface area contributed by atoms with E-state index in [0.29, 0.717) is 11.4 Å². The molecule has 2 fully saturated rings. The molecule has 2 atom stereocenters. The Hall–Kier alpha value is -2.54. The van der Waals surface area contributed by atoms with Crippen LogP contribution < -0.4 is 14.5 Å². The van der Waals surface area contributed by atoms with Crippen molar-refractivity contribution >= 4 is 27.2 Å². The van der Waals surface area contributed by atoms with Gasteiger partial charge in [0.25, 0.3) is 0 Å². The van der Waals surface area contributed by atoms with Crippen LogP contribution in [0.2, 0.25) is 0 Å². The van der Waals surface area contributed by atoms with E-state index >= 15 is 0 Å². The van der Waals surface area contributed by atoms with Gasteiger partial charge in [-0.2, -0.15) is 0 Å². The van der Waals surface area contributed by atoms with Crippen molar-refractivity contribution in [3.05, 3.63) is 53.6 Å². The normalized spacial score (nSPS) is 23.6. The number of anilines is 2. The second kappa shape index (κ2) is 6.27. The molecule has 2 aliphatic heterocycles. The van der Waals surface area contributed by atoms with Crippen LogP contribution in [-0.4, -0.2) is 45.1 Å². The lowest BCUT2D eigenvalue weighted by Crippen LogP contribution is -2.38. The van der Waals surface area contributed by atoms with Crippen LogP contribution in [0.25, 0.3) is 0 Å². The number of sulfone groups is 1. The Kier molecular flexibility index (Phi) is 4.14. The van der Waals surface area contributed by atoms with Crippen molar-refractivity contribution in [2.24, 2.45) is 0 Å². The van der Waals surface area contributed by atoms with Crippen LogP contribution in [0, 0.1) is 13.8 Å². The molecule has 0 radical (unpaired) electrons. The summed E-state index contributed by atoms with van der Waals surface area (Å²) in [5.74, 6) is 0.487. The van der Waals surface area contributed by atoms with Crippen molar-refractivity contribution < 1.29 is 17.9 Å². The zero-order chi connectivity index (χ0) is 19.3. The van der Waals surface area contributed by atoms with E-state index in [1.54, 1.807) is 29.0 Å². The number of para-hydroxylation sites is 2. The molecule has 2 aromatic carbocycles. The van der Waals surface area contributed by atoms with Crippen molar-refractivity contribution in [1.82, 2.24) is 0 Å². The lowest BCUT2D eigenvalue weighted by atomic mass is 10.1. The number of aryl methyl sites for hydroxylation is 2. The van der Waals surface area contributed by atoms with Gasteiger partial charge in [-0.3, -0.25) is 9.80 Å². The molecule has 0 saturated carbocycles. The number of nitrogens with zero attached hydrogens (tertiary/aromatic N) is 2. The van der Waals surface area contributed by atoms with Crippen molar-refractivity contribution in [3.63, 3.8) is 0 Å². The Balaban J connectivity index is 1.84. The first kappa shape index (κ1) is 17.9. The van der Waals surface area contributed by atoms with Crippen LogP contribution in [0.1, 0.15) is 11.1 Å². The summed E-state index contributed by atoms with van der Waals surface area (Å²) in [6, 6.07) is 12.0. The van der Waals surface area contributed by atoms with Gasteiger partial charge in [0.1, 0.15) is 5.75 Å². The van der Waals surface area contributed by atoms with Gasteiger partial charge < -0.3 is 4.74 Å². The molecule has 2 aromatic rings. The molecule has 142 valence electrons. The fourth-order valence-corrected chi connectivity index (χ4v) is 5.91. The number of hydrogen-bond acceptors (Lipinski definition) is 4. The van der Waals surface area contributed by atoms with Gasteiger partial charge in [0.05, 0.1) is 36.4 Å². The Bertz CT molecular complexity index is 1020. The zero-order valence-corrected chi connectivity index (χ0v) is 16.4.